The van der Waals surface area contributed by atoms with Crippen LogP contribution in [0.1, 0.15) is 32.6 Å². The van der Waals surface area contributed by atoms with Crippen molar-refractivity contribution in [2.45, 2.75) is 44.7 Å². The minimum absolute atomic E-state index is 0.345. The maximum atomic E-state index is 6.33. The largest absolute Gasteiger partial charge is 0.490 e. The SMILES string of the molecule is COc1c(Cl)nc(N2CCNCC2C)nc1NC1CCCC1. The molecule has 2 fully saturated rings. The first-order chi connectivity index (χ1) is 10.7. The van der Waals surface area contributed by atoms with E-state index in [1.807, 2.05) is 0 Å². The summed E-state index contributed by atoms with van der Waals surface area (Å²) in [5.41, 5.74) is 0. The highest BCUT2D eigenvalue weighted by atomic mass is 35.5. The minimum Gasteiger partial charge on any atom is -0.490 e. The number of methoxy groups -OCH3 is 1. The summed E-state index contributed by atoms with van der Waals surface area (Å²) >= 11 is 6.33. The van der Waals surface area contributed by atoms with E-state index >= 15 is 0 Å². The first kappa shape index (κ1) is 15.6. The Bertz CT molecular complexity index is 521. The number of nitrogens with one attached hydrogen (secondary N) is 2. The number of ether oxygens (including phenoxy) is 1. The molecule has 2 aliphatic rings. The average Bonchev–Trinajstić information content (AvgIpc) is 3.00. The maximum Gasteiger partial charge on any atom is 0.229 e. The van der Waals surface area contributed by atoms with Crippen LogP contribution in [0.5, 0.6) is 5.75 Å². The van der Waals surface area contributed by atoms with Crippen molar-refractivity contribution in [1.82, 2.24) is 15.3 Å². The van der Waals surface area contributed by atoms with Crippen LogP contribution in [0.3, 0.4) is 0 Å². The molecule has 1 atom stereocenters. The summed E-state index contributed by atoms with van der Waals surface area (Å²) in [6.07, 6.45) is 4.87. The van der Waals surface area contributed by atoms with E-state index in [0.29, 0.717) is 28.9 Å². The van der Waals surface area contributed by atoms with Crippen molar-refractivity contribution in [1.29, 1.82) is 0 Å². The van der Waals surface area contributed by atoms with Gasteiger partial charge in [-0.1, -0.05) is 24.4 Å². The lowest BCUT2D eigenvalue weighted by molar-refractivity contribution is 0.411. The number of hydrogen-bond donors (Lipinski definition) is 2. The van der Waals surface area contributed by atoms with E-state index in [4.69, 9.17) is 21.3 Å². The molecule has 1 aliphatic heterocycles. The van der Waals surface area contributed by atoms with Crippen molar-refractivity contribution in [2.24, 2.45) is 0 Å². The van der Waals surface area contributed by atoms with E-state index in [-0.39, 0.29) is 0 Å². The number of nitrogens with zero attached hydrogens (tertiary/aromatic N) is 3. The molecule has 1 saturated heterocycles. The molecular weight excluding hydrogens is 302 g/mol. The monoisotopic (exact) mass is 325 g/mol. The Hall–Kier alpha value is -1.27. The lowest BCUT2D eigenvalue weighted by atomic mass is 10.2. The Morgan fingerprint density at radius 2 is 2.09 bits per heavy atom. The van der Waals surface area contributed by atoms with Crippen molar-refractivity contribution in [3.63, 3.8) is 0 Å². The molecule has 7 heteroatoms. The number of anilines is 2. The molecule has 22 heavy (non-hydrogen) atoms. The van der Waals surface area contributed by atoms with Crippen molar-refractivity contribution in [3.8, 4) is 5.75 Å². The fraction of sp³-hybridized carbons (Fsp3) is 0.733. The standard InChI is InChI=1S/C15H24ClN5O/c1-10-9-17-7-8-21(10)15-19-13(16)12(22-2)14(20-15)18-11-5-3-4-6-11/h10-11,17H,3-9H2,1-2H3,(H,18,19,20). The van der Waals surface area contributed by atoms with Gasteiger partial charge in [0.05, 0.1) is 7.11 Å². The van der Waals surface area contributed by atoms with Crippen molar-refractivity contribution in [2.75, 3.05) is 37.0 Å². The molecule has 3 rings (SSSR count). The first-order valence-electron chi connectivity index (χ1n) is 8.04. The summed E-state index contributed by atoms with van der Waals surface area (Å²) < 4.78 is 5.41. The summed E-state index contributed by atoms with van der Waals surface area (Å²) in [5.74, 6) is 1.94. The van der Waals surface area contributed by atoms with Crippen LogP contribution in [0, 0.1) is 0 Å². The molecular formula is C15H24ClN5O. The molecule has 1 unspecified atom stereocenters. The zero-order valence-corrected chi connectivity index (χ0v) is 14.0. The van der Waals surface area contributed by atoms with Crippen LogP contribution in [0.15, 0.2) is 0 Å². The second kappa shape index (κ2) is 6.87. The predicted molar refractivity (Wildman–Crippen MR) is 89.2 cm³/mol. The average molecular weight is 326 g/mol. The number of rotatable bonds is 4. The summed E-state index contributed by atoms with van der Waals surface area (Å²) in [7, 11) is 1.61. The first-order valence-corrected chi connectivity index (χ1v) is 8.42. The summed E-state index contributed by atoms with van der Waals surface area (Å²) in [6, 6.07) is 0.797. The minimum atomic E-state index is 0.345. The van der Waals surface area contributed by atoms with Crippen LogP contribution in [-0.2, 0) is 0 Å². The smallest absolute Gasteiger partial charge is 0.229 e. The van der Waals surface area contributed by atoms with Crippen LogP contribution in [0.25, 0.3) is 0 Å². The van der Waals surface area contributed by atoms with E-state index in [0.717, 1.165) is 25.5 Å². The van der Waals surface area contributed by atoms with Crippen LogP contribution < -0.4 is 20.3 Å². The van der Waals surface area contributed by atoms with Crippen molar-refractivity contribution >= 4 is 23.4 Å². The molecule has 0 radical (unpaired) electrons. The van der Waals surface area contributed by atoms with Gasteiger partial charge in [0, 0.05) is 31.7 Å². The lowest BCUT2D eigenvalue weighted by Gasteiger charge is -2.34. The Balaban J connectivity index is 1.88. The maximum absolute atomic E-state index is 6.33. The second-order valence-electron chi connectivity index (χ2n) is 6.07. The topological polar surface area (TPSA) is 62.3 Å². The Labute approximate surface area is 136 Å². The van der Waals surface area contributed by atoms with E-state index in [1.165, 1.54) is 25.7 Å². The van der Waals surface area contributed by atoms with Gasteiger partial charge >= 0.3 is 0 Å². The molecule has 0 amide bonds. The van der Waals surface area contributed by atoms with E-state index < -0.39 is 0 Å². The highest BCUT2D eigenvalue weighted by molar-refractivity contribution is 6.31. The van der Waals surface area contributed by atoms with Gasteiger partial charge in [-0.25, -0.2) is 0 Å². The van der Waals surface area contributed by atoms with Gasteiger partial charge in [0.15, 0.2) is 16.7 Å². The quantitative estimate of drug-likeness (QED) is 0.828. The molecule has 0 aromatic carbocycles. The normalized spacial score (nSPS) is 22.9. The lowest BCUT2D eigenvalue weighted by Crippen LogP contribution is -2.50. The summed E-state index contributed by atoms with van der Waals surface area (Å²) in [5, 5.41) is 7.24. The zero-order valence-electron chi connectivity index (χ0n) is 13.2. The van der Waals surface area contributed by atoms with Crippen LogP contribution in [0.4, 0.5) is 11.8 Å². The number of hydrogen-bond acceptors (Lipinski definition) is 6. The molecule has 2 heterocycles. The predicted octanol–water partition coefficient (Wildman–Crippen LogP) is 2.29. The zero-order chi connectivity index (χ0) is 15.5. The third-order valence-corrected chi connectivity index (χ3v) is 4.73. The molecule has 1 aromatic heterocycles. The van der Waals surface area contributed by atoms with Crippen LogP contribution >= 0.6 is 11.6 Å². The van der Waals surface area contributed by atoms with Crippen molar-refractivity contribution in [3.05, 3.63) is 5.15 Å². The number of halogens is 1. The Morgan fingerprint density at radius 3 is 2.77 bits per heavy atom. The van der Waals surface area contributed by atoms with Crippen molar-refractivity contribution < 1.29 is 4.74 Å². The molecule has 0 spiro atoms. The molecule has 1 aliphatic carbocycles. The third-order valence-electron chi connectivity index (χ3n) is 4.47. The van der Waals surface area contributed by atoms with E-state index in [2.05, 4.69) is 27.4 Å². The molecule has 1 saturated carbocycles. The number of aromatic nitrogens is 2. The Kier molecular flexibility index (Phi) is 4.88. The van der Waals surface area contributed by atoms with E-state index in [1.54, 1.807) is 7.11 Å². The van der Waals surface area contributed by atoms with Gasteiger partial charge in [-0.2, -0.15) is 9.97 Å². The highest BCUT2D eigenvalue weighted by Gasteiger charge is 2.25. The van der Waals surface area contributed by atoms with Gasteiger partial charge < -0.3 is 20.3 Å². The van der Waals surface area contributed by atoms with Gasteiger partial charge in [0.25, 0.3) is 0 Å². The Morgan fingerprint density at radius 1 is 1.32 bits per heavy atom. The fourth-order valence-corrected chi connectivity index (χ4v) is 3.46. The third kappa shape index (κ3) is 3.22. The molecule has 1 aromatic rings. The molecule has 122 valence electrons. The van der Waals surface area contributed by atoms with Gasteiger partial charge in [-0.05, 0) is 19.8 Å². The van der Waals surface area contributed by atoms with E-state index in [9.17, 15) is 0 Å². The second-order valence-corrected chi connectivity index (χ2v) is 6.43. The van der Waals surface area contributed by atoms with Crippen LogP contribution in [-0.4, -0.2) is 48.8 Å². The van der Waals surface area contributed by atoms with Gasteiger partial charge in [0.2, 0.25) is 5.95 Å². The number of piperazine rings is 1. The molecule has 2 N–H and O–H groups in total. The van der Waals surface area contributed by atoms with Gasteiger partial charge in [-0.3, -0.25) is 0 Å². The molecule has 0 bridgehead atoms. The van der Waals surface area contributed by atoms with Crippen LogP contribution in [0.2, 0.25) is 5.15 Å². The summed E-state index contributed by atoms with van der Waals surface area (Å²) in [6.45, 7) is 4.91. The van der Waals surface area contributed by atoms with Gasteiger partial charge in [0.1, 0.15) is 0 Å². The van der Waals surface area contributed by atoms with Gasteiger partial charge in [-0.15, -0.1) is 0 Å². The fourth-order valence-electron chi connectivity index (χ4n) is 3.22. The highest BCUT2D eigenvalue weighted by Crippen LogP contribution is 2.34. The molecule has 6 nitrogen and oxygen atoms in total. The summed E-state index contributed by atoms with van der Waals surface area (Å²) in [4.78, 5) is 11.3.